The molecule has 2 N–H and O–H groups in total. The van der Waals surface area contributed by atoms with Gasteiger partial charge in [-0.05, 0) is 42.3 Å². The highest BCUT2D eigenvalue weighted by molar-refractivity contribution is 6.02. The van der Waals surface area contributed by atoms with Crippen LogP contribution >= 0.6 is 0 Å². The van der Waals surface area contributed by atoms with Crippen LogP contribution in [0.2, 0.25) is 0 Å². The highest BCUT2D eigenvalue weighted by Crippen LogP contribution is 2.23. The third-order valence-electron chi connectivity index (χ3n) is 4.01. The molecule has 5 nitrogen and oxygen atoms in total. The van der Waals surface area contributed by atoms with E-state index in [0.717, 1.165) is 5.56 Å². The number of carbonyl (C=O) groups excluding carboxylic acids is 1. The lowest BCUT2D eigenvalue weighted by Crippen LogP contribution is -2.26. The van der Waals surface area contributed by atoms with Crippen LogP contribution in [0, 0.1) is 17.1 Å². The van der Waals surface area contributed by atoms with Crippen LogP contribution in [-0.2, 0) is 11.2 Å². The first kappa shape index (κ1) is 18.1. The van der Waals surface area contributed by atoms with Crippen molar-refractivity contribution in [3.8, 4) is 17.3 Å². The first-order valence-electron chi connectivity index (χ1n) is 8.40. The van der Waals surface area contributed by atoms with E-state index in [2.05, 4.69) is 15.5 Å². The number of benzene rings is 2. The molecule has 0 atom stereocenters. The molecule has 0 fully saturated rings. The summed E-state index contributed by atoms with van der Waals surface area (Å²) in [6.07, 6.45) is 3.67. The maximum atomic E-state index is 13.1. The second-order valence-electron chi connectivity index (χ2n) is 5.87. The van der Waals surface area contributed by atoms with Crippen LogP contribution in [0.5, 0.6) is 0 Å². The number of hydrogen-bond acceptors (Lipinski definition) is 3. The van der Waals surface area contributed by atoms with E-state index in [1.807, 2.05) is 36.4 Å². The third-order valence-corrected chi connectivity index (χ3v) is 4.01. The molecule has 1 amide bonds. The summed E-state index contributed by atoms with van der Waals surface area (Å²) in [5.74, 6) is -0.787. The van der Waals surface area contributed by atoms with Gasteiger partial charge in [0.05, 0.1) is 11.9 Å². The van der Waals surface area contributed by atoms with Gasteiger partial charge < -0.3 is 5.32 Å². The number of nitriles is 1. The van der Waals surface area contributed by atoms with E-state index in [9.17, 15) is 14.4 Å². The van der Waals surface area contributed by atoms with Crippen LogP contribution in [-0.4, -0.2) is 22.6 Å². The molecule has 0 aliphatic heterocycles. The standard InChI is InChI=1S/C21H17FN4O/c22-19-8-6-16(7-9-19)20-18(14-25-26-20)12-17(13-23)21(27)24-11-10-15-4-2-1-3-5-15/h1-9,12,14H,10-11H2,(H,24,27)(H,25,26)/b17-12-. The zero-order valence-electron chi connectivity index (χ0n) is 14.4. The van der Waals surface area contributed by atoms with Gasteiger partial charge in [0, 0.05) is 17.7 Å². The fourth-order valence-corrected chi connectivity index (χ4v) is 2.62. The number of nitrogens with zero attached hydrogens (tertiary/aromatic N) is 2. The summed E-state index contributed by atoms with van der Waals surface area (Å²) in [6, 6.07) is 17.6. The van der Waals surface area contributed by atoms with Gasteiger partial charge in [-0.1, -0.05) is 30.3 Å². The molecule has 0 saturated carbocycles. The van der Waals surface area contributed by atoms with Crippen molar-refractivity contribution in [1.29, 1.82) is 5.26 Å². The predicted octanol–water partition coefficient (Wildman–Crippen LogP) is 3.48. The number of hydrogen-bond donors (Lipinski definition) is 2. The quantitative estimate of drug-likeness (QED) is 0.522. The number of aromatic nitrogens is 2. The average molecular weight is 360 g/mol. The first-order valence-corrected chi connectivity index (χ1v) is 8.40. The summed E-state index contributed by atoms with van der Waals surface area (Å²) < 4.78 is 13.1. The Morgan fingerprint density at radius 2 is 1.93 bits per heavy atom. The zero-order valence-corrected chi connectivity index (χ0v) is 14.4. The summed E-state index contributed by atoms with van der Waals surface area (Å²) in [5.41, 5.74) is 2.99. The van der Waals surface area contributed by atoms with E-state index < -0.39 is 5.91 Å². The van der Waals surface area contributed by atoms with Crippen LogP contribution < -0.4 is 5.32 Å². The SMILES string of the molecule is N#C/C(=C/c1cn[nH]c1-c1ccc(F)cc1)C(=O)NCCc1ccccc1. The maximum Gasteiger partial charge on any atom is 0.261 e. The van der Waals surface area contributed by atoms with Crippen LogP contribution in [0.3, 0.4) is 0 Å². The van der Waals surface area contributed by atoms with Crippen LogP contribution in [0.1, 0.15) is 11.1 Å². The summed E-state index contributed by atoms with van der Waals surface area (Å²) in [5, 5.41) is 18.9. The number of H-pyrrole nitrogens is 1. The van der Waals surface area contributed by atoms with Gasteiger partial charge in [-0.2, -0.15) is 10.4 Å². The molecule has 0 bridgehead atoms. The minimum Gasteiger partial charge on any atom is -0.351 e. The fraction of sp³-hybridized carbons (Fsp3) is 0.0952. The summed E-state index contributed by atoms with van der Waals surface area (Å²) >= 11 is 0. The van der Waals surface area contributed by atoms with Crippen molar-refractivity contribution in [2.75, 3.05) is 6.54 Å². The van der Waals surface area contributed by atoms with Crippen LogP contribution in [0.15, 0.2) is 66.4 Å². The Morgan fingerprint density at radius 1 is 1.19 bits per heavy atom. The van der Waals surface area contributed by atoms with Gasteiger partial charge in [-0.3, -0.25) is 9.89 Å². The van der Waals surface area contributed by atoms with Crippen molar-refractivity contribution in [1.82, 2.24) is 15.5 Å². The number of rotatable bonds is 6. The summed E-state index contributed by atoms with van der Waals surface area (Å²) in [4.78, 5) is 12.3. The fourth-order valence-electron chi connectivity index (χ4n) is 2.62. The van der Waals surface area contributed by atoms with Crippen molar-refractivity contribution in [2.24, 2.45) is 0 Å². The van der Waals surface area contributed by atoms with Crippen LogP contribution in [0.4, 0.5) is 4.39 Å². The second-order valence-corrected chi connectivity index (χ2v) is 5.87. The van der Waals surface area contributed by atoms with Gasteiger partial charge in [-0.25, -0.2) is 4.39 Å². The molecule has 0 radical (unpaired) electrons. The van der Waals surface area contributed by atoms with Crippen molar-refractivity contribution >= 4 is 12.0 Å². The minimum absolute atomic E-state index is 0.0205. The van der Waals surface area contributed by atoms with Gasteiger partial charge in [0.2, 0.25) is 0 Å². The van der Waals surface area contributed by atoms with Crippen molar-refractivity contribution in [2.45, 2.75) is 6.42 Å². The molecule has 0 aliphatic carbocycles. The molecule has 3 rings (SSSR count). The molecule has 1 heterocycles. The normalized spacial score (nSPS) is 11.0. The van der Waals surface area contributed by atoms with E-state index in [0.29, 0.717) is 29.8 Å². The Bertz CT molecular complexity index is 985. The van der Waals surface area contributed by atoms with Gasteiger partial charge in [0.15, 0.2) is 0 Å². The molecule has 27 heavy (non-hydrogen) atoms. The molecule has 0 aliphatic rings. The Morgan fingerprint density at radius 3 is 2.63 bits per heavy atom. The lowest BCUT2D eigenvalue weighted by Gasteiger charge is -2.05. The van der Waals surface area contributed by atoms with Gasteiger partial charge in [0.25, 0.3) is 5.91 Å². The second kappa shape index (κ2) is 8.59. The Labute approximate surface area is 156 Å². The maximum absolute atomic E-state index is 13.1. The number of aromatic amines is 1. The molecular formula is C21H17FN4O. The molecule has 1 aromatic heterocycles. The highest BCUT2D eigenvalue weighted by atomic mass is 19.1. The number of halogens is 1. The first-order chi connectivity index (χ1) is 13.2. The number of carbonyl (C=O) groups is 1. The lowest BCUT2D eigenvalue weighted by atomic mass is 10.1. The Kier molecular flexibility index (Phi) is 5.75. The Balaban J connectivity index is 1.71. The summed E-state index contributed by atoms with van der Waals surface area (Å²) in [6.45, 7) is 0.429. The number of amides is 1. The topological polar surface area (TPSA) is 81.6 Å². The molecule has 6 heteroatoms. The molecule has 0 saturated heterocycles. The van der Waals surface area contributed by atoms with Crippen molar-refractivity contribution in [3.63, 3.8) is 0 Å². The average Bonchev–Trinajstić information content (AvgIpc) is 3.15. The van der Waals surface area contributed by atoms with Gasteiger partial charge >= 0.3 is 0 Å². The van der Waals surface area contributed by atoms with Crippen molar-refractivity contribution < 1.29 is 9.18 Å². The van der Waals surface area contributed by atoms with E-state index in [4.69, 9.17) is 0 Å². The van der Waals surface area contributed by atoms with E-state index in [1.54, 1.807) is 12.1 Å². The molecule has 2 aromatic carbocycles. The Hall–Kier alpha value is -3.72. The monoisotopic (exact) mass is 360 g/mol. The molecular weight excluding hydrogens is 343 g/mol. The van der Waals surface area contributed by atoms with Gasteiger partial charge in [-0.15, -0.1) is 0 Å². The van der Waals surface area contributed by atoms with Crippen molar-refractivity contribution in [3.05, 3.63) is 83.3 Å². The molecule has 134 valence electrons. The molecule has 0 unspecified atom stereocenters. The zero-order chi connectivity index (χ0) is 19.1. The predicted molar refractivity (Wildman–Crippen MR) is 101 cm³/mol. The van der Waals surface area contributed by atoms with Gasteiger partial charge in [0.1, 0.15) is 17.5 Å². The van der Waals surface area contributed by atoms with Crippen LogP contribution in [0.25, 0.3) is 17.3 Å². The molecule has 3 aromatic rings. The summed E-state index contributed by atoms with van der Waals surface area (Å²) in [7, 11) is 0. The third kappa shape index (κ3) is 4.67. The van der Waals surface area contributed by atoms with E-state index >= 15 is 0 Å². The largest absolute Gasteiger partial charge is 0.351 e. The smallest absolute Gasteiger partial charge is 0.261 e. The highest BCUT2D eigenvalue weighted by Gasteiger charge is 2.12. The van der Waals surface area contributed by atoms with E-state index in [-0.39, 0.29) is 11.4 Å². The van der Waals surface area contributed by atoms with E-state index in [1.165, 1.54) is 24.4 Å². The minimum atomic E-state index is -0.445. The lowest BCUT2D eigenvalue weighted by molar-refractivity contribution is -0.117. The number of nitrogens with one attached hydrogen (secondary N) is 2. The molecule has 0 spiro atoms.